The molecule has 15 heavy (non-hydrogen) atoms. The molecule has 0 atom stereocenters. The number of thioether (sulfide) groups is 1. The maximum Gasteiger partial charge on any atom is 0.0435 e. The lowest BCUT2D eigenvalue weighted by Crippen LogP contribution is -2.15. The molecule has 1 rings (SSSR count). The fourth-order valence-corrected chi connectivity index (χ4v) is 1.94. The van der Waals surface area contributed by atoms with Crippen LogP contribution in [0.3, 0.4) is 0 Å². The largest absolute Gasteiger partial charge is 0.313 e. The van der Waals surface area contributed by atoms with Crippen LogP contribution in [0.2, 0.25) is 5.02 Å². The highest BCUT2D eigenvalue weighted by molar-refractivity contribution is 7.98. The van der Waals surface area contributed by atoms with Crippen molar-refractivity contribution in [2.45, 2.75) is 19.9 Å². The Kier molecular flexibility index (Phi) is 6.15. The van der Waals surface area contributed by atoms with E-state index in [1.165, 1.54) is 17.7 Å². The Bertz CT molecular complexity index is 302. The average Bonchev–Trinajstić information content (AvgIpc) is 2.23. The van der Waals surface area contributed by atoms with Gasteiger partial charge in [0.1, 0.15) is 0 Å². The zero-order chi connectivity index (χ0) is 11.1. The zero-order valence-electron chi connectivity index (χ0n) is 9.35. The van der Waals surface area contributed by atoms with E-state index >= 15 is 0 Å². The fraction of sp³-hybridized carbons (Fsp3) is 0.500. The Hall–Kier alpha value is -0.180. The van der Waals surface area contributed by atoms with E-state index in [4.69, 9.17) is 11.6 Å². The molecule has 0 saturated heterocycles. The highest BCUT2D eigenvalue weighted by Crippen LogP contribution is 2.15. The van der Waals surface area contributed by atoms with Crippen LogP contribution in [0.25, 0.3) is 0 Å². The maximum atomic E-state index is 5.96. The second-order valence-electron chi connectivity index (χ2n) is 3.61. The molecule has 0 amide bonds. The van der Waals surface area contributed by atoms with E-state index in [2.05, 4.69) is 23.7 Å². The van der Waals surface area contributed by atoms with Gasteiger partial charge in [0.15, 0.2) is 0 Å². The highest BCUT2D eigenvalue weighted by Gasteiger charge is 1.97. The van der Waals surface area contributed by atoms with Gasteiger partial charge in [0, 0.05) is 11.6 Å². The van der Waals surface area contributed by atoms with Crippen LogP contribution >= 0.6 is 23.4 Å². The van der Waals surface area contributed by atoms with E-state index in [1.807, 2.05) is 24.8 Å². The molecule has 1 N–H and O–H groups in total. The van der Waals surface area contributed by atoms with Crippen molar-refractivity contribution in [3.63, 3.8) is 0 Å². The second kappa shape index (κ2) is 7.15. The first-order chi connectivity index (χ1) is 7.24. The summed E-state index contributed by atoms with van der Waals surface area (Å²) >= 11 is 7.85. The molecule has 0 fully saturated rings. The molecule has 84 valence electrons. The van der Waals surface area contributed by atoms with Gasteiger partial charge in [0.05, 0.1) is 0 Å². The third-order valence-corrected chi connectivity index (χ3v) is 3.37. The van der Waals surface area contributed by atoms with Crippen LogP contribution in [0, 0.1) is 6.92 Å². The number of nitrogens with one attached hydrogen (secondary N) is 1. The van der Waals surface area contributed by atoms with Gasteiger partial charge in [0.2, 0.25) is 0 Å². The van der Waals surface area contributed by atoms with Gasteiger partial charge in [-0.1, -0.05) is 23.7 Å². The molecular weight excluding hydrogens is 226 g/mol. The molecule has 0 aromatic heterocycles. The van der Waals surface area contributed by atoms with Gasteiger partial charge in [0.25, 0.3) is 0 Å². The third kappa shape index (κ3) is 4.92. The number of halogens is 1. The van der Waals surface area contributed by atoms with Crippen molar-refractivity contribution in [1.29, 1.82) is 0 Å². The molecule has 0 unspecified atom stereocenters. The predicted octanol–water partition coefficient (Wildman–Crippen LogP) is 3.49. The van der Waals surface area contributed by atoms with Gasteiger partial charge in [-0.25, -0.2) is 0 Å². The minimum Gasteiger partial charge on any atom is -0.313 e. The molecule has 0 aliphatic heterocycles. The van der Waals surface area contributed by atoms with Crippen molar-refractivity contribution in [2.75, 3.05) is 18.6 Å². The van der Waals surface area contributed by atoms with Gasteiger partial charge in [-0.15, -0.1) is 0 Å². The lowest BCUT2D eigenvalue weighted by Gasteiger charge is -2.06. The number of benzene rings is 1. The summed E-state index contributed by atoms with van der Waals surface area (Å²) < 4.78 is 0. The SMILES string of the molecule is CSCCCNCc1ccc(Cl)c(C)c1. The van der Waals surface area contributed by atoms with Crippen LogP contribution in [-0.2, 0) is 6.54 Å². The first kappa shape index (κ1) is 12.9. The molecule has 0 saturated carbocycles. The van der Waals surface area contributed by atoms with Crippen molar-refractivity contribution >= 4 is 23.4 Å². The van der Waals surface area contributed by atoms with E-state index in [9.17, 15) is 0 Å². The van der Waals surface area contributed by atoms with Crippen molar-refractivity contribution in [3.05, 3.63) is 34.3 Å². The molecule has 0 aliphatic rings. The van der Waals surface area contributed by atoms with Crippen LogP contribution in [0.4, 0.5) is 0 Å². The average molecular weight is 244 g/mol. The Morgan fingerprint density at radius 2 is 2.20 bits per heavy atom. The molecule has 1 aromatic rings. The smallest absolute Gasteiger partial charge is 0.0435 e. The molecule has 0 radical (unpaired) electrons. The van der Waals surface area contributed by atoms with Crippen LogP contribution in [0.15, 0.2) is 18.2 Å². The first-order valence-corrected chi connectivity index (χ1v) is 6.96. The van der Waals surface area contributed by atoms with Crippen molar-refractivity contribution in [1.82, 2.24) is 5.32 Å². The minimum atomic E-state index is 0.848. The number of rotatable bonds is 6. The summed E-state index contributed by atoms with van der Waals surface area (Å²) in [5.41, 5.74) is 2.46. The summed E-state index contributed by atoms with van der Waals surface area (Å²) in [7, 11) is 0. The van der Waals surface area contributed by atoms with E-state index in [1.54, 1.807) is 0 Å². The second-order valence-corrected chi connectivity index (χ2v) is 5.00. The minimum absolute atomic E-state index is 0.848. The summed E-state index contributed by atoms with van der Waals surface area (Å²) in [6.07, 6.45) is 3.37. The molecular formula is C12H18ClNS. The number of hydrogen-bond donors (Lipinski definition) is 1. The third-order valence-electron chi connectivity index (χ3n) is 2.25. The van der Waals surface area contributed by atoms with E-state index in [-0.39, 0.29) is 0 Å². The lowest BCUT2D eigenvalue weighted by atomic mass is 10.1. The molecule has 3 heteroatoms. The van der Waals surface area contributed by atoms with Crippen LogP contribution in [-0.4, -0.2) is 18.6 Å². The standard InChI is InChI=1S/C12H18ClNS/c1-10-8-11(4-5-12(10)13)9-14-6-3-7-15-2/h4-5,8,14H,3,6-7,9H2,1-2H3. The van der Waals surface area contributed by atoms with Crippen LogP contribution < -0.4 is 5.32 Å². The summed E-state index contributed by atoms with van der Waals surface area (Å²) in [4.78, 5) is 0. The van der Waals surface area contributed by atoms with Crippen molar-refractivity contribution < 1.29 is 0 Å². The van der Waals surface area contributed by atoms with Gasteiger partial charge < -0.3 is 5.32 Å². The summed E-state index contributed by atoms with van der Waals surface area (Å²) in [5, 5.41) is 4.28. The van der Waals surface area contributed by atoms with Gasteiger partial charge >= 0.3 is 0 Å². The van der Waals surface area contributed by atoms with Crippen molar-refractivity contribution in [3.8, 4) is 0 Å². The number of aryl methyl sites for hydroxylation is 1. The van der Waals surface area contributed by atoms with Gasteiger partial charge in [-0.3, -0.25) is 0 Å². The topological polar surface area (TPSA) is 12.0 Å². The zero-order valence-corrected chi connectivity index (χ0v) is 10.9. The monoisotopic (exact) mass is 243 g/mol. The molecule has 0 heterocycles. The highest BCUT2D eigenvalue weighted by atomic mass is 35.5. The Labute approximate surface area is 102 Å². The molecule has 0 aliphatic carbocycles. The van der Waals surface area contributed by atoms with Gasteiger partial charge in [-0.05, 0) is 49.1 Å². The number of hydrogen-bond acceptors (Lipinski definition) is 2. The molecule has 0 bridgehead atoms. The normalized spacial score (nSPS) is 10.6. The first-order valence-electron chi connectivity index (χ1n) is 5.18. The van der Waals surface area contributed by atoms with Gasteiger partial charge in [-0.2, -0.15) is 11.8 Å². The van der Waals surface area contributed by atoms with Crippen LogP contribution in [0.1, 0.15) is 17.5 Å². The van der Waals surface area contributed by atoms with E-state index < -0.39 is 0 Å². The molecule has 0 spiro atoms. The quantitative estimate of drug-likeness (QED) is 0.768. The summed E-state index contributed by atoms with van der Waals surface area (Å²) in [5.74, 6) is 1.23. The van der Waals surface area contributed by atoms with E-state index in [0.29, 0.717) is 0 Å². The molecule has 1 aromatic carbocycles. The Morgan fingerprint density at radius 1 is 1.40 bits per heavy atom. The predicted molar refractivity (Wildman–Crippen MR) is 70.9 cm³/mol. The van der Waals surface area contributed by atoms with E-state index in [0.717, 1.165) is 23.7 Å². The summed E-state index contributed by atoms with van der Waals surface area (Å²) in [6.45, 7) is 4.06. The Morgan fingerprint density at radius 3 is 2.87 bits per heavy atom. The van der Waals surface area contributed by atoms with Crippen molar-refractivity contribution in [2.24, 2.45) is 0 Å². The van der Waals surface area contributed by atoms with Crippen LogP contribution in [0.5, 0.6) is 0 Å². The Balaban J connectivity index is 2.28. The maximum absolute atomic E-state index is 5.96. The molecule has 1 nitrogen and oxygen atoms in total. The fourth-order valence-electron chi connectivity index (χ4n) is 1.39. The summed E-state index contributed by atoms with van der Waals surface area (Å²) in [6, 6.07) is 6.19. The lowest BCUT2D eigenvalue weighted by molar-refractivity contribution is 0.679.